The summed E-state index contributed by atoms with van der Waals surface area (Å²) in [5.41, 5.74) is -2.16. The first kappa shape index (κ1) is 23.2. The van der Waals surface area contributed by atoms with Gasteiger partial charge in [0.2, 0.25) is 0 Å². The number of carboxylic acid groups (broad SMARTS) is 1. The third kappa shape index (κ3) is 6.58. The normalized spacial score (nSPS) is 17.8. The molecule has 0 aliphatic rings. The van der Waals surface area contributed by atoms with Crippen LogP contribution >= 0.6 is 11.8 Å². The van der Waals surface area contributed by atoms with Gasteiger partial charge in [0.25, 0.3) is 11.6 Å². The van der Waals surface area contributed by atoms with E-state index in [4.69, 9.17) is 9.47 Å². The van der Waals surface area contributed by atoms with Crippen LogP contribution in [0, 0.1) is 5.92 Å². The number of ether oxygens (including phenoxy) is 2. The van der Waals surface area contributed by atoms with Crippen LogP contribution in [0.5, 0.6) is 0 Å². The van der Waals surface area contributed by atoms with Gasteiger partial charge in [-0.15, -0.1) is 0 Å². The summed E-state index contributed by atoms with van der Waals surface area (Å²) in [5, 5.41) is 21.3. The average Bonchev–Trinajstić information content (AvgIpc) is 2.50. The summed E-state index contributed by atoms with van der Waals surface area (Å²) in [7, 11) is 0. The minimum atomic E-state index is -2.16. The summed E-state index contributed by atoms with van der Waals surface area (Å²) in [5.74, 6) is -1.31. The van der Waals surface area contributed by atoms with Gasteiger partial charge in [-0.2, -0.15) is 11.8 Å². The number of carbonyl (C=O) groups is 2. The lowest BCUT2D eigenvalue weighted by molar-refractivity contribution is -0.183. The first-order chi connectivity index (χ1) is 11.1. The van der Waals surface area contributed by atoms with E-state index in [0.29, 0.717) is 0 Å². The molecule has 4 atom stereocenters. The SMILES string of the molecule is CCOC(CO)(NC(=O)C(OC(C)C)[C@H](C)C(C)SCC)C(=O)O. The minimum Gasteiger partial charge on any atom is -0.478 e. The summed E-state index contributed by atoms with van der Waals surface area (Å²) < 4.78 is 10.8. The van der Waals surface area contributed by atoms with Crippen molar-refractivity contribution in [1.29, 1.82) is 0 Å². The van der Waals surface area contributed by atoms with Crippen molar-refractivity contribution in [2.45, 2.75) is 64.7 Å². The molecule has 0 fully saturated rings. The zero-order valence-corrected chi connectivity index (χ0v) is 16.2. The molecule has 0 aliphatic carbocycles. The molecule has 0 aromatic rings. The Morgan fingerprint density at radius 3 is 2.17 bits per heavy atom. The van der Waals surface area contributed by atoms with Gasteiger partial charge >= 0.3 is 5.97 Å². The fraction of sp³-hybridized carbons (Fsp3) is 0.875. The van der Waals surface area contributed by atoms with Gasteiger partial charge in [-0.1, -0.05) is 20.8 Å². The number of hydrogen-bond acceptors (Lipinski definition) is 6. The van der Waals surface area contributed by atoms with Crippen LogP contribution in [0.1, 0.15) is 41.5 Å². The molecule has 0 bridgehead atoms. The van der Waals surface area contributed by atoms with Gasteiger partial charge in [-0.05, 0) is 26.5 Å². The van der Waals surface area contributed by atoms with Gasteiger partial charge < -0.3 is 25.0 Å². The fourth-order valence-corrected chi connectivity index (χ4v) is 3.17. The van der Waals surface area contributed by atoms with Gasteiger partial charge in [0.15, 0.2) is 0 Å². The first-order valence-corrected chi connectivity index (χ1v) is 9.27. The highest BCUT2D eigenvalue weighted by Gasteiger charge is 2.43. The second-order valence-corrected chi connectivity index (χ2v) is 7.49. The van der Waals surface area contributed by atoms with Gasteiger partial charge in [-0.25, -0.2) is 4.79 Å². The Balaban J connectivity index is 5.39. The van der Waals surface area contributed by atoms with Crippen LogP contribution in [0.4, 0.5) is 0 Å². The highest BCUT2D eigenvalue weighted by atomic mass is 32.2. The van der Waals surface area contributed by atoms with Crippen LogP contribution in [0.3, 0.4) is 0 Å². The van der Waals surface area contributed by atoms with E-state index in [2.05, 4.69) is 5.32 Å². The number of hydrogen-bond donors (Lipinski definition) is 3. The highest BCUT2D eigenvalue weighted by molar-refractivity contribution is 7.99. The predicted octanol–water partition coefficient (Wildman–Crippen LogP) is 1.48. The van der Waals surface area contributed by atoms with Crippen molar-refractivity contribution in [2.75, 3.05) is 19.0 Å². The number of amides is 1. The Kier molecular flexibility index (Phi) is 10.5. The van der Waals surface area contributed by atoms with Gasteiger partial charge in [-0.3, -0.25) is 4.79 Å². The molecule has 7 nitrogen and oxygen atoms in total. The molecule has 0 aliphatic heterocycles. The molecule has 0 rings (SSSR count). The highest BCUT2D eigenvalue weighted by Crippen LogP contribution is 2.25. The molecule has 0 spiro atoms. The van der Waals surface area contributed by atoms with Crippen molar-refractivity contribution >= 4 is 23.6 Å². The lowest BCUT2D eigenvalue weighted by Gasteiger charge is -2.33. The molecule has 8 heteroatoms. The van der Waals surface area contributed by atoms with E-state index in [9.17, 15) is 19.8 Å². The molecule has 1 amide bonds. The number of aliphatic hydroxyl groups excluding tert-OH is 1. The van der Waals surface area contributed by atoms with E-state index in [1.54, 1.807) is 18.7 Å². The van der Waals surface area contributed by atoms with Crippen LogP contribution in [0.25, 0.3) is 0 Å². The summed E-state index contributed by atoms with van der Waals surface area (Å²) in [6.45, 7) is 10.3. The molecule has 0 aromatic heterocycles. The summed E-state index contributed by atoms with van der Waals surface area (Å²) in [6.07, 6.45) is -1.05. The second-order valence-electron chi connectivity index (χ2n) is 5.84. The third-order valence-electron chi connectivity index (χ3n) is 3.61. The summed E-state index contributed by atoms with van der Waals surface area (Å²) in [6, 6.07) is 0. The topological polar surface area (TPSA) is 105 Å². The van der Waals surface area contributed by atoms with E-state index in [0.717, 1.165) is 5.75 Å². The van der Waals surface area contributed by atoms with Crippen LogP contribution in [-0.4, -0.2) is 64.2 Å². The van der Waals surface area contributed by atoms with Crippen LogP contribution in [0.15, 0.2) is 0 Å². The Bertz CT molecular complexity index is 406. The molecule has 0 saturated carbocycles. The van der Waals surface area contributed by atoms with Gasteiger partial charge in [0.1, 0.15) is 12.7 Å². The smallest absolute Gasteiger partial charge is 0.359 e. The maximum Gasteiger partial charge on any atom is 0.359 e. The molecular weight excluding hydrogens is 334 g/mol. The number of carboxylic acids is 1. The Morgan fingerprint density at radius 1 is 1.21 bits per heavy atom. The van der Waals surface area contributed by atoms with Crippen molar-refractivity contribution in [2.24, 2.45) is 5.92 Å². The van der Waals surface area contributed by atoms with Crippen LogP contribution < -0.4 is 5.32 Å². The summed E-state index contributed by atoms with van der Waals surface area (Å²) in [4.78, 5) is 24.2. The van der Waals surface area contributed by atoms with Crippen LogP contribution in [-0.2, 0) is 19.1 Å². The molecule has 24 heavy (non-hydrogen) atoms. The molecule has 142 valence electrons. The molecule has 3 unspecified atom stereocenters. The van der Waals surface area contributed by atoms with E-state index >= 15 is 0 Å². The van der Waals surface area contributed by atoms with Crippen molar-refractivity contribution < 1.29 is 29.3 Å². The molecule has 0 saturated heterocycles. The van der Waals surface area contributed by atoms with Crippen molar-refractivity contribution in [1.82, 2.24) is 5.32 Å². The molecule has 0 heterocycles. The molecule has 3 N–H and O–H groups in total. The number of carbonyl (C=O) groups excluding carboxylic acids is 1. The van der Waals surface area contributed by atoms with Crippen molar-refractivity contribution in [3.8, 4) is 0 Å². The van der Waals surface area contributed by atoms with Crippen molar-refractivity contribution in [3.63, 3.8) is 0 Å². The zero-order chi connectivity index (χ0) is 18.9. The fourth-order valence-electron chi connectivity index (χ4n) is 2.20. The third-order valence-corrected chi connectivity index (χ3v) is 4.90. The van der Waals surface area contributed by atoms with E-state index in [1.165, 1.54) is 0 Å². The zero-order valence-electron chi connectivity index (χ0n) is 15.4. The van der Waals surface area contributed by atoms with Gasteiger partial charge in [0, 0.05) is 17.8 Å². The quantitative estimate of drug-likeness (QED) is 0.450. The number of rotatable bonds is 12. The predicted molar refractivity (Wildman–Crippen MR) is 94.0 cm³/mol. The largest absolute Gasteiger partial charge is 0.478 e. The van der Waals surface area contributed by atoms with Gasteiger partial charge in [0.05, 0.1) is 6.10 Å². The number of aliphatic hydroxyl groups is 1. The van der Waals surface area contributed by atoms with E-state index < -0.39 is 30.3 Å². The van der Waals surface area contributed by atoms with E-state index in [-0.39, 0.29) is 23.9 Å². The van der Waals surface area contributed by atoms with E-state index in [1.807, 2.05) is 34.6 Å². The molecule has 0 aromatic carbocycles. The Hall–Kier alpha value is -0.830. The maximum absolute atomic E-state index is 12.7. The van der Waals surface area contributed by atoms with Crippen molar-refractivity contribution in [3.05, 3.63) is 0 Å². The minimum absolute atomic E-state index is 0.0283. The summed E-state index contributed by atoms with van der Waals surface area (Å²) >= 11 is 1.70. The Morgan fingerprint density at radius 2 is 1.79 bits per heavy atom. The number of nitrogens with one attached hydrogen (secondary N) is 1. The lowest BCUT2D eigenvalue weighted by Crippen LogP contribution is -2.62. The monoisotopic (exact) mass is 365 g/mol. The Labute approximate surface area is 148 Å². The molecule has 0 radical (unpaired) electrons. The average molecular weight is 365 g/mol. The molecular formula is C16H31NO6S. The second kappa shape index (κ2) is 10.9. The maximum atomic E-state index is 12.7. The van der Waals surface area contributed by atoms with Crippen LogP contribution in [0.2, 0.25) is 0 Å². The standard InChI is InChI=1S/C16H31NO6S/c1-7-22-16(9-18,15(20)21)17-14(19)13(23-10(3)4)11(5)12(6)24-8-2/h10-13,18H,7-9H2,1-6H3,(H,17,19)(H,20,21)/t11-,12?,13?,16?/m1/s1. The lowest BCUT2D eigenvalue weighted by atomic mass is 9.99. The number of thioether (sulfide) groups is 1. The first-order valence-electron chi connectivity index (χ1n) is 8.22. The number of aliphatic carboxylic acids is 1.